The van der Waals surface area contributed by atoms with E-state index in [1.165, 1.54) is 0 Å². The molecule has 2 aliphatic rings. The monoisotopic (exact) mass is 367 g/mol. The Labute approximate surface area is 154 Å². The van der Waals surface area contributed by atoms with Gasteiger partial charge in [-0.15, -0.1) is 0 Å². The quantitative estimate of drug-likeness (QED) is 0.770. The average Bonchev–Trinajstić information content (AvgIpc) is 3.37. The minimum absolute atomic E-state index is 0.0776. The first-order valence-electron chi connectivity index (χ1n) is 8.52. The second kappa shape index (κ2) is 5.88. The van der Waals surface area contributed by atoms with Crippen LogP contribution in [0.25, 0.3) is 21.3 Å². The summed E-state index contributed by atoms with van der Waals surface area (Å²) in [6, 6.07) is 12.2. The molecule has 3 aromatic rings. The van der Waals surface area contributed by atoms with Gasteiger partial charge < -0.3 is 20.1 Å². The number of hydrogen-bond acceptors (Lipinski definition) is 6. The summed E-state index contributed by atoms with van der Waals surface area (Å²) in [6.07, 6.45) is 0.799. The number of fused-ring (bicyclic) bond motifs is 2. The van der Waals surface area contributed by atoms with Crippen molar-refractivity contribution in [3.8, 4) is 22.6 Å². The number of aromatic nitrogens is 1. The summed E-state index contributed by atoms with van der Waals surface area (Å²) in [7, 11) is 0. The summed E-state index contributed by atoms with van der Waals surface area (Å²) < 4.78 is 12.0. The van der Waals surface area contributed by atoms with Crippen molar-refractivity contribution in [2.75, 3.05) is 24.8 Å². The fourth-order valence-corrected chi connectivity index (χ4v) is 4.45. The number of hydrogen-bond donors (Lipinski definition) is 1. The minimum atomic E-state index is -0.223. The van der Waals surface area contributed by atoms with E-state index in [4.69, 9.17) is 20.2 Å². The third-order valence-corrected chi connectivity index (χ3v) is 6.04. The fourth-order valence-electron chi connectivity index (χ4n) is 3.47. The molecule has 2 aliphatic heterocycles. The highest BCUT2D eigenvalue weighted by Crippen LogP contribution is 2.38. The molecule has 7 heteroatoms. The molecule has 132 valence electrons. The normalized spacial score (nSPS) is 18.6. The lowest BCUT2D eigenvalue weighted by Crippen LogP contribution is -2.27. The number of carbonyl (C=O) groups is 1. The van der Waals surface area contributed by atoms with Crippen LogP contribution in [0.3, 0.4) is 0 Å². The zero-order valence-electron chi connectivity index (χ0n) is 14.0. The van der Waals surface area contributed by atoms with Gasteiger partial charge in [-0.25, -0.2) is 4.98 Å². The summed E-state index contributed by atoms with van der Waals surface area (Å²) in [5.74, 6) is 1.25. The molecule has 2 N–H and O–H groups in total. The van der Waals surface area contributed by atoms with Crippen molar-refractivity contribution >= 4 is 32.6 Å². The first-order valence-corrected chi connectivity index (χ1v) is 9.34. The Bertz CT molecular complexity index is 1020. The van der Waals surface area contributed by atoms with E-state index in [9.17, 15) is 4.79 Å². The van der Waals surface area contributed by atoms with Gasteiger partial charge in [-0.1, -0.05) is 23.5 Å². The number of nitrogens with two attached hydrogens (primary N) is 1. The van der Waals surface area contributed by atoms with Crippen LogP contribution >= 0.6 is 11.3 Å². The zero-order valence-corrected chi connectivity index (χ0v) is 14.8. The van der Waals surface area contributed by atoms with Gasteiger partial charge in [-0.3, -0.25) is 4.79 Å². The van der Waals surface area contributed by atoms with E-state index in [-0.39, 0.29) is 18.6 Å². The maximum Gasteiger partial charge on any atom is 0.231 e. The molecule has 1 saturated heterocycles. The van der Waals surface area contributed by atoms with Gasteiger partial charge in [-0.05, 0) is 41.8 Å². The van der Waals surface area contributed by atoms with Crippen molar-refractivity contribution in [3.63, 3.8) is 0 Å². The summed E-state index contributed by atoms with van der Waals surface area (Å²) in [6.45, 7) is 1.75. The molecule has 1 atom stereocenters. The number of thiazole rings is 1. The van der Waals surface area contributed by atoms with Gasteiger partial charge in [0.1, 0.15) is 0 Å². The average molecular weight is 367 g/mol. The molecule has 2 aromatic carbocycles. The predicted molar refractivity (Wildman–Crippen MR) is 101 cm³/mol. The molecule has 0 radical (unpaired) electrons. The number of nitrogens with zero attached hydrogens (tertiary/aromatic N) is 2. The molecule has 1 unspecified atom stereocenters. The number of amides is 1. The number of primary amides is 1. The summed E-state index contributed by atoms with van der Waals surface area (Å²) >= 11 is 1.65. The molecule has 1 amide bonds. The lowest BCUT2D eigenvalue weighted by molar-refractivity contribution is -0.121. The van der Waals surface area contributed by atoms with Crippen molar-refractivity contribution in [1.82, 2.24) is 4.98 Å². The highest BCUT2D eigenvalue weighted by Gasteiger charge is 2.28. The Balaban J connectivity index is 1.46. The van der Waals surface area contributed by atoms with Crippen molar-refractivity contribution in [2.45, 2.75) is 6.42 Å². The van der Waals surface area contributed by atoms with Crippen molar-refractivity contribution in [2.24, 2.45) is 11.7 Å². The first-order chi connectivity index (χ1) is 12.7. The molecule has 3 heterocycles. The van der Waals surface area contributed by atoms with Crippen LogP contribution in [0.5, 0.6) is 11.5 Å². The lowest BCUT2D eigenvalue weighted by atomic mass is 10.0. The summed E-state index contributed by atoms with van der Waals surface area (Å²) in [5, 5.41) is 0.951. The van der Waals surface area contributed by atoms with Crippen LogP contribution in [0.4, 0.5) is 5.13 Å². The van der Waals surface area contributed by atoms with E-state index >= 15 is 0 Å². The molecule has 6 nitrogen and oxygen atoms in total. The molecule has 1 fully saturated rings. The van der Waals surface area contributed by atoms with E-state index in [1.807, 2.05) is 18.2 Å². The van der Waals surface area contributed by atoms with Crippen LogP contribution < -0.4 is 20.1 Å². The Morgan fingerprint density at radius 1 is 1.15 bits per heavy atom. The second-order valence-corrected chi connectivity index (χ2v) is 7.59. The molecular formula is C19H17N3O3S. The van der Waals surface area contributed by atoms with Gasteiger partial charge >= 0.3 is 0 Å². The maximum atomic E-state index is 11.4. The molecule has 1 aromatic heterocycles. The standard InChI is InChI=1S/C19H17N3O3S/c20-18(23)13-5-6-22(9-13)19-21-14-7-11(2-4-17(14)26-19)12-1-3-15-16(8-12)25-10-24-15/h1-4,7-8,13H,5-6,9-10H2,(H2,20,23). The van der Waals surface area contributed by atoms with E-state index in [2.05, 4.69) is 23.1 Å². The molecule has 26 heavy (non-hydrogen) atoms. The van der Waals surface area contributed by atoms with Crippen LogP contribution in [-0.4, -0.2) is 30.8 Å². The van der Waals surface area contributed by atoms with Gasteiger partial charge in [-0.2, -0.15) is 0 Å². The third kappa shape index (κ3) is 2.55. The van der Waals surface area contributed by atoms with Gasteiger partial charge in [0.15, 0.2) is 16.6 Å². The van der Waals surface area contributed by atoms with E-state index in [0.717, 1.165) is 50.9 Å². The van der Waals surface area contributed by atoms with Crippen LogP contribution in [0.1, 0.15) is 6.42 Å². The Morgan fingerprint density at radius 2 is 1.96 bits per heavy atom. The van der Waals surface area contributed by atoms with Crippen molar-refractivity contribution in [3.05, 3.63) is 36.4 Å². The number of carbonyl (C=O) groups excluding carboxylic acids is 1. The van der Waals surface area contributed by atoms with Gasteiger partial charge in [0.2, 0.25) is 12.7 Å². The number of anilines is 1. The fraction of sp³-hybridized carbons (Fsp3) is 0.263. The molecule has 0 bridgehead atoms. The molecule has 0 saturated carbocycles. The Hall–Kier alpha value is -2.80. The van der Waals surface area contributed by atoms with Crippen LogP contribution in [0.15, 0.2) is 36.4 Å². The Morgan fingerprint density at radius 3 is 2.81 bits per heavy atom. The van der Waals surface area contributed by atoms with Crippen molar-refractivity contribution < 1.29 is 14.3 Å². The van der Waals surface area contributed by atoms with E-state index in [1.54, 1.807) is 11.3 Å². The number of benzene rings is 2. The Kier molecular flexibility index (Phi) is 3.49. The summed E-state index contributed by atoms with van der Waals surface area (Å²) in [5.41, 5.74) is 8.55. The zero-order chi connectivity index (χ0) is 17.7. The first kappa shape index (κ1) is 15.5. The molecule has 0 aliphatic carbocycles. The highest BCUT2D eigenvalue weighted by molar-refractivity contribution is 7.22. The van der Waals surface area contributed by atoms with Crippen LogP contribution in [-0.2, 0) is 4.79 Å². The highest BCUT2D eigenvalue weighted by atomic mass is 32.1. The van der Waals surface area contributed by atoms with Crippen molar-refractivity contribution in [1.29, 1.82) is 0 Å². The van der Waals surface area contributed by atoms with Gasteiger partial charge in [0.05, 0.1) is 16.1 Å². The van der Waals surface area contributed by atoms with Gasteiger partial charge in [0, 0.05) is 13.1 Å². The SMILES string of the molecule is NC(=O)C1CCN(c2nc3cc(-c4ccc5c(c4)OCO5)ccc3s2)C1. The van der Waals surface area contributed by atoms with E-state index in [0.29, 0.717) is 6.54 Å². The topological polar surface area (TPSA) is 77.7 Å². The minimum Gasteiger partial charge on any atom is -0.454 e. The lowest BCUT2D eigenvalue weighted by Gasteiger charge is -2.13. The second-order valence-electron chi connectivity index (χ2n) is 6.58. The summed E-state index contributed by atoms with van der Waals surface area (Å²) in [4.78, 5) is 18.3. The number of ether oxygens (including phenoxy) is 2. The van der Waals surface area contributed by atoms with Crippen LogP contribution in [0.2, 0.25) is 0 Å². The van der Waals surface area contributed by atoms with E-state index < -0.39 is 0 Å². The third-order valence-electron chi connectivity index (χ3n) is 4.94. The largest absolute Gasteiger partial charge is 0.454 e. The molecule has 0 spiro atoms. The molecule has 5 rings (SSSR count). The predicted octanol–water partition coefficient (Wildman–Crippen LogP) is 3.00. The van der Waals surface area contributed by atoms with Gasteiger partial charge in [0.25, 0.3) is 0 Å². The molecular weight excluding hydrogens is 350 g/mol. The maximum absolute atomic E-state index is 11.4. The van der Waals surface area contributed by atoms with Crippen LogP contribution in [0, 0.1) is 5.92 Å². The smallest absolute Gasteiger partial charge is 0.231 e. The number of rotatable bonds is 3.